The number of likely N-dealkylation sites (tertiary alicyclic amines) is 1. The summed E-state index contributed by atoms with van der Waals surface area (Å²) >= 11 is 0. The van der Waals surface area contributed by atoms with Gasteiger partial charge < -0.3 is 0 Å². The average Bonchev–Trinajstić information content (AvgIpc) is 3.19. The first-order valence-electron chi connectivity index (χ1n) is 10.2. The van der Waals surface area contributed by atoms with Crippen molar-refractivity contribution >= 4 is 5.65 Å². The van der Waals surface area contributed by atoms with Gasteiger partial charge in [-0.1, -0.05) is 12.1 Å². The van der Waals surface area contributed by atoms with Crippen LogP contribution in [0.25, 0.3) is 16.9 Å². The Balaban J connectivity index is 1.53. The van der Waals surface area contributed by atoms with Gasteiger partial charge in [0, 0.05) is 30.4 Å². The summed E-state index contributed by atoms with van der Waals surface area (Å²) in [5, 5.41) is 0. The van der Waals surface area contributed by atoms with E-state index in [-0.39, 0.29) is 6.04 Å². The molecular formula is C24H25N5. The van der Waals surface area contributed by atoms with E-state index in [1.807, 2.05) is 24.5 Å². The molecule has 5 rings (SSSR count). The minimum Gasteiger partial charge on any atom is -0.299 e. The number of aryl methyl sites for hydroxylation is 1. The molecule has 0 aliphatic carbocycles. The Morgan fingerprint density at radius 1 is 0.966 bits per heavy atom. The lowest BCUT2D eigenvalue weighted by molar-refractivity contribution is 0.109. The number of hydrogen-bond donors (Lipinski definition) is 0. The molecule has 1 aliphatic heterocycles. The molecule has 0 spiro atoms. The first kappa shape index (κ1) is 18.0. The number of pyridine rings is 3. The fraction of sp³-hybridized carbons (Fsp3) is 0.292. The van der Waals surface area contributed by atoms with Gasteiger partial charge in [0.05, 0.1) is 29.2 Å². The van der Waals surface area contributed by atoms with Crippen molar-refractivity contribution in [1.82, 2.24) is 24.3 Å². The van der Waals surface area contributed by atoms with Gasteiger partial charge in [0.15, 0.2) is 0 Å². The van der Waals surface area contributed by atoms with Gasteiger partial charge in [-0.05, 0) is 69.1 Å². The molecule has 0 radical (unpaired) electrons. The maximum atomic E-state index is 5.00. The largest absolute Gasteiger partial charge is 0.299 e. The van der Waals surface area contributed by atoms with Crippen molar-refractivity contribution in [3.05, 3.63) is 84.2 Å². The molecule has 146 valence electrons. The Hall–Kier alpha value is -3.05. The summed E-state index contributed by atoms with van der Waals surface area (Å²) in [6, 6.07) is 15.1. The maximum Gasteiger partial charge on any atom is 0.137 e. The number of hydrogen-bond acceptors (Lipinski definition) is 4. The molecule has 0 amide bonds. The van der Waals surface area contributed by atoms with Gasteiger partial charge in [-0.25, -0.2) is 4.98 Å². The second-order valence-electron chi connectivity index (χ2n) is 7.88. The van der Waals surface area contributed by atoms with Gasteiger partial charge in [0.1, 0.15) is 5.65 Å². The predicted octanol–water partition coefficient (Wildman–Crippen LogP) is 5.00. The smallest absolute Gasteiger partial charge is 0.137 e. The average molecular weight is 383 g/mol. The van der Waals surface area contributed by atoms with Crippen LogP contribution in [0.4, 0.5) is 0 Å². The number of aromatic nitrogens is 4. The molecule has 0 saturated carbocycles. The normalized spacial score (nSPS) is 20.2. The van der Waals surface area contributed by atoms with E-state index in [0.29, 0.717) is 6.04 Å². The molecule has 2 unspecified atom stereocenters. The highest BCUT2D eigenvalue weighted by molar-refractivity contribution is 5.63. The molecule has 4 aromatic heterocycles. The van der Waals surface area contributed by atoms with Crippen LogP contribution in [0.5, 0.6) is 0 Å². The van der Waals surface area contributed by atoms with Crippen LogP contribution in [-0.4, -0.2) is 31.3 Å². The molecule has 1 fully saturated rings. The molecule has 0 N–H and O–H groups in total. The van der Waals surface area contributed by atoms with E-state index in [9.17, 15) is 0 Å². The van der Waals surface area contributed by atoms with Crippen molar-refractivity contribution in [1.29, 1.82) is 0 Å². The molecule has 0 aromatic carbocycles. The third-order valence-electron chi connectivity index (χ3n) is 6.11. The highest BCUT2D eigenvalue weighted by atomic mass is 15.2. The fourth-order valence-electron chi connectivity index (χ4n) is 4.60. The van der Waals surface area contributed by atoms with Crippen molar-refractivity contribution < 1.29 is 0 Å². The van der Waals surface area contributed by atoms with E-state index in [0.717, 1.165) is 35.4 Å². The van der Waals surface area contributed by atoms with Crippen molar-refractivity contribution in [2.75, 3.05) is 7.05 Å². The molecule has 5 heterocycles. The second kappa shape index (κ2) is 7.41. The predicted molar refractivity (Wildman–Crippen MR) is 114 cm³/mol. The van der Waals surface area contributed by atoms with Crippen LogP contribution >= 0.6 is 0 Å². The molecule has 4 aromatic rings. The van der Waals surface area contributed by atoms with Gasteiger partial charge in [-0.3, -0.25) is 19.3 Å². The summed E-state index contributed by atoms with van der Waals surface area (Å²) in [7, 11) is 2.22. The van der Waals surface area contributed by atoms with Crippen LogP contribution < -0.4 is 0 Å². The Labute approximate surface area is 171 Å². The lowest BCUT2D eigenvalue weighted by atomic mass is 9.91. The van der Waals surface area contributed by atoms with Crippen molar-refractivity contribution in [2.45, 2.75) is 38.3 Å². The Morgan fingerprint density at radius 2 is 1.83 bits per heavy atom. The second-order valence-corrected chi connectivity index (χ2v) is 7.88. The van der Waals surface area contributed by atoms with Crippen LogP contribution in [0.2, 0.25) is 0 Å². The Bertz CT molecular complexity index is 1130. The number of imidazole rings is 1. The first-order valence-corrected chi connectivity index (χ1v) is 10.2. The van der Waals surface area contributed by atoms with E-state index >= 15 is 0 Å². The minimum atomic E-state index is 0.289. The maximum absolute atomic E-state index is 5.00. The molecule has 1 saturated heterocycles. The van der Waals surface area contributed by atoms with Crippen molar-refractivity contribution in [3.63, 3.8) is 0 Å². The molecule has 5 heteroatoms. The molecule has 29 heavy (non-hydrogen) atoms. The summed E-state index contributed by atoms with van der Waals surface area (Å²) in [6.45, 7) is 2.16. The monoisotopic (exact) mass is 383 g/mol. The Kier molecular flexibility index (Phi) is 4.60. The van der Waals surface area contributed by atoms with Gasteiger partial charge >= 0.3 is 0 Å². The summed E-state index contributed by atoms with van der Waals surface area (Å²) in [5.41, 5.74) is 6.78. The Morgan fingerprint density at radius 3 is 2.66 bits per heavy atom. The van der Waals surface area contributed by atoms with E-state index in [1.165, 1.54) is 17.7 Å². The standard InChI is InChI=1S/C24H25N5/c1-17-7-5-14-26-24(17)22-11-3-10-21(28(22)2)19-16-29-20(9-4-12-23(29)27-19)18-8-6-13-25-15-18/h4-9,12-16,21-22H,3,10-11H2,1-2H3. The number of fused-ring (bicyclic) bond motifs is 1. The summed E-state index contributed by atoms with van der Waals surface area (Å²) < 4.78 is 2.19. The van der Waals surface area contributed by atoms with Gasteiger partial charge in [-0.15, -0.1) is 0 Å². The SMILES string of the molecule is Cc1cccnc1C1CCCC(c2cn3c(-c4cccnc4)cccc3n2)N1C. The zero-order valence-electron chi connectivity index (χ0n) is 16.9. The lowest BCUT2D eigenvalue weighted by Crippen LogP contribution is -2.34. The van der Waals surface area contributed by atoms with Crippen LogP contribution in [0.15, 0.2) is 67.3 Å². The highest BCUT2D eigenvalue weighted by Crippen LogP contribution is 2.40. The molecular weight excluding hydrogens is 358 g/mol. The third-order valence-corrected chi connectivity index (χ3v) is 6.11. The summed E-state index contributed by atoms with van der Waals surface area (Å²) in [4.78, 5) is 16.4. The topological polar surface area (TPSA) is 46.3 Å². The minimum absolute atomic E-state index is 0.289. The van der Waals surface area contributed by atoms with Crippen LogP contribution in [0.1, 0.15) is 48.3 Å². The van der Waals surface area contributed by atoms with E-state index in [2.05, 4.69) is 64.8 Å². The van der Waals surface area contributed by atoms with E-state index in [1.54, 1.807) is 6.20 Å². The summed E-state index contributed by atoms with van der Waals surface area (Å²) in [5.74, 6) is 0. The van der Waals surface area contributed by atoms with E-state index in [4.69, 9.17) is 9.97 Å². The van der Waals surface area contributed by atoms with Gasteiger partial charge in [0.25, 0.3) is 0 Å². The van der Waals surface area contributed by atoms with Crippen LogP contribution in [-0.2, 0) is 0 Å². The fourth-order valence-corrected chi connectivity index (χ4v) is 4.60. The number of piperidine rings is 1. The molecule has 2 atom stereocenters. The van der Waals surface area contributed by atoms with Crippen molar-refractivity contribution in [3.8, 4) is 11.3 Å². The van der Waals surface area contributed by atoms with Crippen molar-refractivity contribution in [2.24, 2.45) is 0 Å². The summed E-state index contributed by atoms with van der Waals surface area (Å²) in [6.07, 6.45) is 11.3. The zero-order chi connectivity index (χ0) is 19.8. The molecule has 0 bridgehead atoms. The van der Waals surface area contributed by atoms with E-state index < -0.39 is 0 Å². The van der Waals surface area contributed by atoms with Crippen LogP contribution in [0, 0.1) is 6.92 Å². The van der Waals surface area contributed by atoms with Gasteiger partial charge in [0.2, 0.25) is 0 Å². The zero-order valence-corrected chi connectivity index (χ0v) is 16.9. The van der Waals surface area contributed by atoms with Gasteiger partial charge in [-0.2, -0.15) is 0 Å². The number of rotatable bonds is 3. The lowest BCUT2D eigenvalue weighted by Gasteiger charge is -2.39. The molecule has 5 nitrogen and oxygen atoms in total. The molecule has 1 aliphatic rings. The van der Waals surface area contributed by atoms with Crippen LogP contribution in [0.3, 0.4) is 0 Å². The quantitative estimate of drug-likeness (QED) is 0.500. The first-order chi connectivity index (χ1) is 14.2. The highest BCUT2D eigenvalue weighted by Gasteiger charge is 2.32. The third kappa shape index (κ3) is 3.21. The number of nitrogens with zero attached hydrogens (tertiary/aromatic N) is 5.